The molecule has 1 saturated heterocycles. The Morgan fingerprint density at radius 2 is 2.58 bits per heavy atom. The normalized spacial score (nSPS) is 22.8. The van der Waals surface area contributed by atoms with Crippen molar-refractivity contribution in [2.45, 2.75) is 18.9 Å². The SMILES string of the molecule is C=CCC(=O)N1CCC(NC)C1. The van der Waals surface area contributed by atoms with Crippen molar-refractivity contribution < 1.29 is 4.79 Å². The first kappa shape index (κ1) is 9.26. The molecular weight excluding hydrogens is 152 g/mol. The maximum atomic E-state index is 11.3. The molecule has 3 nitrogen and oxygen atoms in total. The fourth-order valence-corrected chi connectivity index (χ4v) is 1.47. The van der Waals surface area contributed by atoms with Crippen LogP contribution in [0.4, 0.5) is 0 Å². The van der Waals surface area contributed by atoms with Crippen molar-refractivity contribution in [1.29, 1.82) is 0 Å². The smallest absolute Gasteiger partial charge is 0.226 e. The Labute approximate surface area is 73.4 Å². The van der Waals surface area contributed by atoms with Gasteiger partial charge in [-0.25, -0.2) is 0 Å². The zero-order valence-corrected chi connectivity index (χ0v) is 7.55. The number of likely N-dealkylation sites (N-methyl/N-ethyl adjacent to an activating group) is 1. The van der Waals surface area contributed by atoms with Crippen LogP contribution in [0.3, 0.4) is 0 Å². The Kier molecular flexibility index (Phi) is 3.29. The number of hydrogen-bond acceptors (Lipinski definition) is 2. The summed E-state index contributed by atoms with van der Waals surface area (Å²) in [5, 5.41) is 3.17. The van der Waals surface area contributed by atoms with Crippen LogP contribution in [0.1, 0.15) is 12.8 Å². The highest BCUT2D eigenvalue weighted by Crippen LogP contribution is 2.09. The summed E-state index contributed by atoms with van der Waals surface area (Å²) in [4.78, 5) is 13.2. The van der Waals surface area contributed by atoms with Crippen molar-refractivity contribution >= 4 is 5.91 Å². The summed E-state index contributed by atoms with van der Waals surface area (Å²) in [7, 11) is 1.94. The quantitative estimate of drug-likeness (QED) is 0.618. The van der Waals surface area contributed by atoms with Crippen molar-refractivity contribution in [3.8, 4) is 0 Å². The van der Waals surface area contributed by atoms with Crippen molar-refractivity contribution in [2.75, 3.05) is 20.1 Å². The molecule has 1 rings (SSSR count). The predicted molar refractivity (Wildman–Crippen MR) is 48.9 cm³/mol. The van der Waals surface area contributed by atoms with Gasteiger partial charge < -0.3 is 10.2 Å². The largest absolute Gasteiger partial charge is 0.341 e. The van der Waals surface area contributed by atoms with Crippen LogP contribution in [0, 0.1) is 0 Å². The Hall–Kier alpha value is -0.830. The zero-order valence-electron chi connectivity index (χ0n) is 7.55. The number of hydrogen-bond donors (Lipinski definition) is 1. The van der Waals surface area contributed by atoms with Crippen LogP contribution in [0.25, 0.3) is 0 Å². The van der Waals surface area contributed by atoms with Crippen LogP contribution in [0.15, 0.2) is 12.7 Å². The van der Waals surface area contributed by atoms with Gasteiger partial charge in [0.1, 0.15) is 0 Å². The van der Waals surface area contributed by atoms with E-state index in [0.717, 1.165) is 19.5 Å². The van der Waals surface area contributed by atoms with Gasteiger partial charge in [-0.1, -0.05) is 6.08 Å². The average Bonchev–Trinajstić information content (AvgIpc) is 2.52. The molecule has 0 saturated carbocycles. The lowest BCUT2D eigenvalue weighted by atomic mass is 10.3. The van der Waals surface area contributed by atoms with Crippen LogP contribution in [-0.4, -0.2) is 37.0 Å². The number of nitrogens with one attached hydrogen (secondary N) is 1. The predicted octanol–water partition coefficient (Wildman–Crippen LogP) is 0.383. The summed E-state index contributed by atoms with van der Waals surface area (Å²) in [6, 6.07) is 0.485. The molecule has 0 spiro atoms. The van der Waals surface area contributed by atoms with Gasteiger partial charge in [0.2, 0.25) is 5.91 Å². The van der Waals surface area contributed by atoms with E-state index < -0.39 is 0 Å². The average molecular weight is 168 g/mol. The highest BCUT2D eigenvalue weighted by molar-refractivity contribution is 5.77. The van der Waals surface area contributed by atoms with Gasteiger partial charge in [0.05, 0.1) is 0 Å². The number of likely N-dealkylation sites (tertiary alicyclic amines) is 1. The lowest BCUT2D eigenvalue weighted by molar-refractivity contribution is -0.129. The van der Waals surface area contributed by atoms with Gasteiger partial charge >= 0.3 is 0 Å². The molecule has 1 aliphatic rings. The van der Waals surface area contributed by atoms with Crippen molar-refractivity contribution in [3.05, 3.63) is 12.7 Å². The molecule has 12 heavy (non-hydrogen) atoms. The monoisotopic (exact) mass is 168 g/mol. The second-order valence-electron chi connectivity index (χ2n) is 3.11. The van der Waals surface area contributed by atoms with E-state index in [4.69, 9.17) is 0 Å². The van der Waals surface area contributed by atoms with Gasteiger partial charge in [0.15, 0.2) is 0 Å². The Bertz CT molecular complexity index is 179. The van der Waals surface area contributed by atoms with E-state index in [1.54, 1.807) is 6.08 Å². The maximum Gasteiger partial charge on any atom is 0.226 e. The molecule has 1 amide bonds. The minimum absolute atomic E-state index is 0.197. The van der Waals surface area contributed by atoms with E-state index in [1.807, 2.05) is 11.9 Å². The number of rotatable bonds is 3. The number of carbonyl (C=O) groups excluding carboxylic acids is 1. The van der Waals surface area contributed by atoms with Crippen LogP contribution < -0.4 is 5.32 Å². The van der Waals surface area contributed by atoms with Gasteiger partial charge in [-0.3, -0.25) is 4.79 Å². The molecule has 0 radical (unpaired) electrons. The zero-order chi connectivity index (χ0) is 8.97. The second kappa shape index (κ2) is 4.26. The molecule has 68 valence electrons. The highest BCUT2D eigenvalue weighted by Gasteiger charge is 2.23. The molecule has 0 aromatic carbocycles. The minimum Gasteiger partial charge on any atom is -0.341 e. The molecule has 1 unspecified atom stereocenters. The lowest BCUT2D eigenvalue weighted by Crippen LogP contribution is -2.33. The van der Waals surface area contributed by atoms with Crippen molar-refractivity contribution in [3.63, 3.8) is 0 Å². The van der Waals surface area contributed by atoms with Crippen LogP contribution in [-0.2, 0) is 4.79 Å². The molecule has 1 heterocycles. The Morgan fingerprint density at radius 3 is 3.08 bits per heavy atom. The first-order valence-electron chi connectivity index (χ1n) is 4.34. The minimum atomic E-state index is 0.197. The molecule has 1 N–H and O–H groups in total. The van der Waals surface area contributed by atoms with E-state index in [0.29, 0.717) is 12.5 Å². The van der Waals surface area contributed by atoms with Gasteiger partial charge in [-0.2, -0.15) is 0 Å². The summed E-state index contributed by atoms with van der Waals surface area (Å²) in [5.74, 6) is 0.197. The molecule has 0 bridgehead atoms. The molecule has 1 atom stereocenters. The fourth-order valence-electron chi connectivity index (χ4n) is 1.47. The van der Waals surface area contributed by atoms with E-state index >= 15 is 0 Å². The summed E-state index contributed by atoms with van der Waals surface area (Å²) in [5.41, 5.74) is 0. The number of nitrogens with zero attached hydrogens (tertiary/aromatic N) is 1. The highest BCUT2D eigenvalue weighted by atomic mass is 16.2. The maximum absolute atomic E-state index is 11.3. The molecular formula is C9H16N2O. The summed E-state index contributed by atoms with van der Waals surface area (Å²) < 4.78 is 0. The van der Waals surface area contributed by atoms with Gasteiger partial charge in [0, 0.05) is 25.6 Å². The topological polar surface area (TPSA) is 32.3 Å². The van der Waals surface area contributed by atoms with E-state index in [2.05, 4.69) is 11.9 Å². The van der Waals surface area contributed by atoms with Crippen molar-refractivity contribution in [1.82, 2.24) is 10.2 Å². The van der Waals surface area contributed by atoms with Crippen molar-refractivity contribution in [2.24, 2.45) is 0 Å². The first-order chi connectivity index (χ1) is 5.77. The third-order valence-electron chi connectivity index (χ3n) is 2.27. The van der Waals surface area contributed by atoms with Crippen LogP contribution in [0.5, 0.6) is 0 Å². The molecule has 3 heteroatoms. The van der Waals surface area contributed by atoms with Gasteiger partial charge in [-0.15, -0.1) is 6.58 Å². The molecule has 0 aromatic rings. The van der Waals surface area contributed by atoms with Gasteiger partial charge in [-0.05, 0) is 13.5 Å². The van der Waals surface area contributed by atoms with Crippen LogP contribution in [0.2, 0.25) is 0 Å². The molecule has 1 fully saturated rings. The summed E-state index contributed by atoms with van der Waals surface area (Å²) in [6.07, 6.45) is 3.20. The molecule has 0 aliphatic carbocycles. The lowest BCUT2D eigenvalue weighted by Gasteiger charge is -2.14. The third kappa shape index (κ3) is 2.08. The van der Waals surface area contributed by atoms with Gasteiger partial charge in [0.25, 0.3) is 0 Å². The van der Waals surface area contributed by atoms with Crippen LogP contribution >= 0.6 is 0 Å². The molecule has 1 aliphatic heterocycles. The fraction of sp³-hybridized carbons (Fsp3) is 0.667. The summed E-state index contributed by atoms with van der Waals surface area (Å²) >= 11 is 0. The molecule has 0 aromatic heterocycles. The number of amides is 1. The first-order valence-corrected chi connectivity index (χ1v) is 4.34. The van der Waals surface area contributed by atoms with E-state index in [9.17, 15) is 4.79 Å². The number of carbonyl (C=O) groups is 1. The Morgan fingerprint density at radius 1 is 1.83 bits per heavy atom. The Balaban J connectivity index is 2.35. The summed E-state index contributed by atoms with van der Waals surface area (Å²) in [6.45, 7) is 5.29. The van der Waals surface area contributed by atoms with E-state index in [-0.39, 0.29) is 5.91 Å². The third-order valence-corrected chi connectivity index (χ3v) is 2.27. The standard InChI is InChI=1S/C9H16N2O/c1-3-4-9(12)11-6-5-8(7-11)10-2/h3,8,10H,1,4-7H2,2H3. The second-order valence-corrected chi connectivity index (χ2v) is 3.11. The van der Waals surface area contributed by atoms with E-state index in [1.165, 1.54) is 0 Å².